The average molecular weight is 386 g/mol. The summed E-state index contributed by atoms with van der Waals surface area (Å²) >= 11 is 5.87. The maximum absolute atomic E-state index is 13.3. The lowest BCUT2D eigenvalue weighted by atomic mass is 9.98. The second-order valence-electron chi connectivity index (χ2n) is 6.30. The van der Waals surface area contributed by atoms with Crippen LogP contribution in [0.4, 0.5) is 24.8 Å². The highest BCUT2D eigenvalue weighted by molar-refractivity contribution is 6.30. The number of ether oxygens (including phenoxy) is 1. The Kier molecular flexibility index (Phi) is 5.55. The van der Waals surface area contributed by atoms with Crippen molar-refractivity contribution in [1.29, 1.82) is 0 Å². The Labute approximate surface area is 155 Å². The van der Waals surface area contributed by atoms with Crippen molar-refractivity contribution in [3.63, 3.8) is 0 Å². The van der Waals surface area contributed by atoms with E-state index in [4.69, 9.17) is 16.3 Å². The van der Waals surface area contributed by atoms with Gasteiger partial charge in [0.25, 0.3) is 0 Å². The molecule has 1 aliphatic carbocycles. The Balaban J connectivity index is 1.91. The average Bonchev–Trinajstić information content (AvgIpc) is 2.61. The molecule has 0 radical (unpaired) electrons. The minimum absolute atomic E-state index is 0.131. The molecule has 0 spiro atoms. The lowest BCUT2D eigenvalue weighted by Crippen LogP contribution is -2.23. The molecule has 1 fully saturated rings. The van der Waals surface area contributed by atoms with Crippen LogP contribution in [0, 0.1) is 0 Å². The molecule has 0 amide bonds. The molecule has 0 bridgehead atoms. The summed E-state index contributed by atoms with van der Waals surface area (Å²) < 4.78 is 45.6. The molecule has 2 aromatic rings. The lowest BCUT2D eigenvalue weighted by Gasteiger charge is -2.25. The van der Waals surface area contributed by atoms with Gasteiger partial charge in [0.15, 0.2) is 0 Å². The first kappa shape index (κ1) is 18.8. The summed E-state index contributed by atoms with van der Waals surface area (Å²) in [5.41, 5.74) is -0.242. The molecule has 0 unspecified atom stereocenters. The van der Waals surface area contributed by atoms with Gasteiger partial charge in [-0.1, -0.05) is 18.0 Å². The number of rotatable bonds is 4. The number of benzene rings is 1. The first-order valence-corrected chi connectivity index (χ1v) is 8.82. The number of anilines is 2. The van der Waals surface area contributed by atoms with Gasteiger partial charge >= 0.3 is 6.18 Å². The molecule has 1 aliphatic rings. The van der Waals surface area contributed by atoms with Crippen LogP contribution in [0.1, 0.15) is 37.7 Å². The summed E-state index contributed by atoms with van der Waals surface area (Å²) in [6.07, 6.45) is 0.444. The van der Waals surface area contributed by atoms with Crippen LogP contribution in [-0.2, 0) is 6.18 Å². The first-order chi connectivity index (χ1) is 12.3. The molecule has 1 aromatic carbocycles. The molecule has 1 aromatic heterocycles. The monoisotopic (exact) mass is 385 g/mol. The van der Waals surface area contributed by atoms with E-state index in [2.05, 4.69) is 9.97 Å². The topological polar surface area (TPSA) is 38.2 Å². The zero-order chi connectivity index (χ0) is 18.7. The predicted octanol–water partition coefficient (Wildman–Crippen LogP) is 5.63. The first-order valence-electron chi connectivity index (χ1n) is 8.45. The van der Waals surface area contributed by atoms with Gasteiger partial charge in [-0.25, -0.2) is 4.98 Å². The zero-order valence-electron chi connectivity index (χ0n) is 14.3. The summed E-state index contributed by atoms with van der Waals surface area (Å²) in [5, 5.41) is 0.566. The molecule has 0 atom stereocenters. The number of alkyl halides is 3. The highest BCUT2D eigenvalue weighted by Crippen LogP contribution is 2.37. The van der Waals surface area contributed by atoms with Crippen molar-refractivity contribution >= 4 is 23.2 Å². The molecule has 26 heavy (non-hydrogen) atoms. The molecular weight excluding hydrogens is 367 g/mol. The molecule has 3 rings (SSSR count). The molecule has 0 aliphatic heterocycles. The summed E-state index contributed by atoms with van der Waals surface area (Å²) in [4.78, 5) is 9.54. The second kappa shape index (κ2) is 7.70. The number of halogens is 4. The van der Waals surface area contributed by atoms with E-state index in [1.807, 2.05) is 0 Å². The minimum Gasteiger partial charge on any atom is -0.474 e. The van der Waals surface area contributed by atoms with Crippen LogP contribution in [0.3, 0.4) is 0 Å². The summed E-state index contributed by atoms with van der Waals surface area (Å²) in [5.74, 6) is -0.277. The Morgan fingerprint density at radius 1 is 1.12 bits per heavy atom. The van der Waals surface area contributed by atoms with Gasteiger partial charge in [-0.3, -0.25) is 0 Å². The van der Waals surface area contributed by atoms with Gasteiger partial charge in [-0.15, -0.1) is 0 Å². The van der Waals surface area contributed by atoms with E-state index in [1.54, 1.807) is 36.2 Å². The molecule has 1 saturated carbocycles. The fourth-order valence-corrected chi connectivity index (χ4v) is 3.05. The van der Waals surface area contributed by atoms with Crippen molar-refractivity contribution in [2.75, 3.05) is 11.9 Å². The van der Waals surface area contributed by atoms with Crippen LogP contribution in [0.15, 0.2) is 30.5 Å². The van der Waals surface area contributed by atoms with Gasteiger partial charge in [-0.2, -0.15) is 18.2 Å². The van der Waals surface area contributed by atoms with Crippen LogP contribution < -0.4 is 9.64 Å². The Morgan fingerprint density at radius 3 is 2.38 bits per heavy atom. The van der Waals surface area contributed by atoms with Gasteiger partial charge in [-0.05, 0) is 49.9 Å². The molecular formula is C18H19ClF3N3O. The van der Waals surface area contributed by atoms with Gasteiger partial charge in [0.2, 0.25) is 11.8 Å². The van der Waals surface area contributed by atoms with Crippen molar-refractivity contribution in [3.05, 3.63) is 41.0 Å². The van der Waals surface area contributed by atoms with E-state index >= 15 is 0 Å². The largest absolute Gasteiger partial charge is 0.474 e. The number of aromatic nitrogens is 2. The van der Waals surface area contributed by atoms with Crippen molar-refractivity contribution in [3.8, 4) is 5.88 Å². The van der Waals surface area contributed by atoms with Gasteiger partial charge in [0.05, 0.1) is 0 Å². The number of hydrogen-bond donors (Lipinski definition) is 0. The third-order valence-electron chi connectivity index (χ3n) is 4.39. The second-order valence-corrected chi connectivity index (χ2v) is 6.74. The molecule has 0 N–H and O–H groups in total. The molecule has 0 saturated heterocycles. The molecule has 8 heteroatoms. The SMILES string of the molecule is CN(c1ccc(Cl)cc1)c1ncc(C(F)(F)F)c(OC2CCCCC2)n1. The Hall–Kier alpha value is -2.02. The van der Waals surface area contributed by atoms with E-state index in [1.165, 1.54) is 0 Å². The molecule has 140 valence electrons. The van der Waals surface area contributed by atoms with Crippen molar-refractivity contribution in [2.45, 2.75) is 44.4 Å². The van der Waals surface area contributed by atoms with Gasteiger partial charge in [0, 0.05) is 24.0 Å². The van der Waals surface area contributed by atoms with E-state index in [0.717, 1.165) is 38.3 Å². The predicted molar refractivity (Wildman–Crippen MR) is 94.1 cm³/mol. The zero-order valence-corrected chi connectivity index (χ0v) is 15.0. The van der Waals surface area contributed by atoms with Gasteiger partial charge in [0.1, 0.15) is 11.7 Å². The lowest BCUT2D eigenvalue weighted by molar-refractivity contribution is -0.140. The highest BCUT2D eigenvalue weighted by Gasteiger charge is 2.37. The van der Waals surface area contributed by atoms with E-state index in [9.17, 15) is 13.2 Å². The fraction of sp³-hybridized carbons (Fsp3) is 0.444. The standard InChI is InChI=1S/C18H19ClF3N3O/c1-25(13-9-7-12(19)8-10-13)17-23-11-15(18(20,21)22)16(24-17)26-14-5-3-2-4-6-14/h7-11,14H,2-6H2,1H3. The minimum atomic E-state index is -4.57. The maximum atomic E-state index is 13.3. The smallest absolute Gasteiger partial charge is 0.423 e. The van der Waals surface area contributed by atoms with Crippen LogP contribution in [0.25, 0.3) is 0 Å². The van der Waals surface area contributed by atoms with E-state index in [-0.39, 0.29) is 12.1 Å². The Bertz CT molecular complexity index is 746. The van der Waals surface area contributed by atoms with Crippen LogP contribution in [0.5, 0.6) is 5.88 Å². The van der Waals surface area contributed by atoms with Crippen LogP contribution >= 0.6 is 11.6 Å². The van der Waals surface area contributed by atoms with E-state index < -0.39 is 17.6 Å². The third-order valence-corrected chi connectivity index (χ3v) is 4.64. The molecule has 4 nitrogen and oxygen atoms in total. The van der Waals surface area contributed by atoms with Crippen molar-refractivity contribution in [2.24, 2.45) is 0 Å². The normalized spacial score (nSPS) is 15.7. The van der Waals surface area contributed by atoms with E-state index in [0.29, 0.717) is 10.7 Å². The summed E-state index contributed by atoms with van der Waals surface area (Å²) in [7, 11) is 1.68. The maximum Gasteiger partial charge on any atom is 0.423 e. The van der Waals surface area contributed by atoms with Gasteiger partial charge < -0.3 is 9.64 Å². The van der Waals surface area contributed by atoms with Crippen molar-refractivity contribution in [1.82, 2.24) is 9.97 Å². The van der Waals surface area contributed by atoms with Crippen molar-refractivity contribution < 1.29 is 17.9 Å². The Morgan fingerprint density at radius 2 is 1.77 bits per heavy atom. The third kappa shape index (κ3) is 4.38. The number of nitrogens with zero attached hydrogens (tertiary/aromatic N) is 3. The van der Waals surface area contributed by atoms with Crippen LogP contribution in [-0.4, -0.2) is 23.1 Å². The summed E-state index contributed by atoms with van der Waals surface area (Å²) in [6, 6.07) is 6.86. The quantitative estimate of drug-likeness (QED) is 0.683. The fourth-order valence-electron chi connectivity index (χ4n) is 2.92. The highest BCUT2D eigenvalue weighted by atomic mass is 35.5. The summed E-state index contributed by atoms with van der Waals surface area (Å²) in [6.45, 7) is 0. The molecule has 1 heterocycles. The number of hydrogen-bond acceptors (Lipinski definition) is 4. The van der Waals surface area contributed by atoms with Crippen LogP contribution in [0.2, 0.25) is 5.02 Å².